The van der Waals surface area contributed by atoms with Gasteiger partial charge in [-0.3, -0.25) is 0 Å². The fourth-order valence-electron chi connectivity index (χ4n) is 1.61. The van der Waals surface area contributed by atoms with Crippen LogP contribution in [-0.2, 0) is 6.42 Å². The maximum Gasteiger partial charge on any atom is 0.0139 e. The Bertz CT molecular complexity index is 329. The number of rotatable bonds is 4. The molecule has 0 bridgehead atoms. The van der Waals surface area contributed by atoms with Crippen molar-refractivity contribution in [2.75, 3.05) is 6.54 Å². The van der Waals surface area contributed by atoms with E-state index in [1.54, 1.807) is 0 Å². The molecule has 0 aliphatic heterocycles. The monoisotopic (exact) mass is 203 g/mol. The van der Waals surface area contributed by atoms with Gasteiger partial charge < -0.3 is 5.73 Å². The van der Waals surface area contributed by atoms with Crippen molar-refractivity contribution in [3.8, 4) is 0 Å². The number of aryl methyl sites for hydroxylation is 2. The Balaban J connectivity index is 2.57. The zero-order valence-corrected chi connectivity index (χ0v) is 10.0. The Morgan fingerprint density at radius 1 is 1.13 bits per heavy atom. The van der Waals surface area contributed by atoms with Gasteiger partial charge in [0.2, 0.25) is 0 Å². The fraction of sp³-hybridized carbons (Fsp3) is 0.429. The van der Waals surface area contributed by atoms with Gasteiger partial charge >= 0.3 is 0 Å². The molecular weight excluding hydrogens is 182 g/mol. The summed E-state index contributed by atoms with van der Waals surface area (Å²) < 4.78 is 0. The molecule has 0 saturated heterocycles. The molecule has 2 N–H and O–H groups in total. The minimum absolute atomic E-state index is 0.689. The largest absolute Gasteiger partial charge is 0.327 e. The third kappa shape index (κ3) is 3.88. The van der Waals surface area contributed by atoms with Crippen LogP contribution in [-0.4, -0.2) is 6.54 Å². The second kappa shape index (κ2) is 5.72. The lowest BCUT2D eigenvalue weighted by molar-refractivity contribution is 0.883. The molecule has 0 atom stereocenters. The van der Waals surface area contributed by atoms with Gasteiger partial charge in [-0.05, 0) is 39.2 Å². The second-order valence-corrected chi connectivity index (χ2v) is 4.29. The molecule has 1 aromatic carbocycles. The molecule has 0 aliphatic carbocycles. The first-order chi connectivity index (χ1) is 7.13. The molecule has 0 amide bonds. The highest BCUT2D eigenvalue weighted by Crippen LogP contribution is 2.12. The van der Waals surface area contributed by atoms with Crippen molar-refractivity contribution in [1.82, 2.24) is 0 Å². The summed E-state index contributed by atoms with van der Waals surface area (Å²) in [6.45, 7) is 7.08. The molecule has 0 aromatic heterocycles. The first kappa shape index (κ1) is 12.0. The lowest BCUT2D eigenvalue weighted by Gasteiger charge is -2.07. The van der Waals surface area contributed by atoms with Gasteiger partial charge in [-0.25, -0.2) is 0 Å². The molecule has 1 nitrogen and oxygen atoms in total. The molecule has 1 heteroatoms. The van der Waals surface area contributed by atoms with Crippen LogP contribution in [0.25, 0.3) is 0 Å². The van der Waals surface area contributed by atoms with Gasteiger partial charge in [0.25, 0.3) is 0 Å². The van der Waals surface area contributed by atoms with E-state index in [1.807, 2.05) is 0 Å². The van der Waals surface area contributed by atoms with Crippen LogP contribution in [0.3, 0.4) is 0 Å². The minimum Gasteiger partial charge on any atom is -0.327 e. The lowest BCUT2D eigenvalue weighted by atomic mass is 10.0. The highest BCUT2D eigenvalue weighted by atomic mass is 14.5. The Hall–Kier alpha value is -1.08. The van der Waals surface area contributed by atoms with E-state index in [1.165, 1.54) is 22.3 Å². The molecule has 1 aromatic rings. The highest BCUT2D eigenvalue weighted by molar-refractivity contribution is 5.23. The summed E-state index contributed by atoms with van der Waals surface area (Å²) in [7, 11) is 0. The topological polar surface area (TPSA) is 26.0 Å². The molecule has 1 rings (SSSR count). The van der Waals surface area contributed by atoms with Crippen LogP contribution in [0.4, 0.5) is 0 Å². The zero-order valence-electron chi connectivity index (χ0n) is 10.0. The maximum absolute atomic E-state index is 5.70. The minimum atomic E-state index is 0.689. The molecule has 0 unspecified atom stereocenters. The van der Waals surface area contributed by atoms with Crippen LogP contribution in [0.1, 0.15) is 31.4 Å². The number of benzene rings is 1. The van der Waals surface area contributed by atoms with Gasteiger partial charge in [-0.2, -0.15) is 0 Å². The first-order valence-electron chi connectivity index (χ1n) is 5.54. The Labute approximate surface area is 93.0 Å². The van der Waals surface area contributed by atoms with E-state index in [4.69, 9.17) is 5.73 Å². The van der Waals surface area contributed by atoms with E-state index in [0.29, 0.717) is 6.54 Å². The van der Waals surface area contributed by atoms with E-state index in [-0.39, 0.29) is 0 Å². The standard InChI is InChI=1S/C14H21N/c1-11(2)14(10-15)9-8-13-6-4-12(3)5-7-13/h4-7H,8-10,15H2,1-3H3. The van der Waals surface area contributed by atoms with Crippen LogP contribution >= 0.6 is 0 Å². The normalized spacial score (nSPS) is 10.1. The van der Waals surface area contributed by atoms with Gasteiger partial charge in [0.05, 0.1) is 0 Å². The van der Waals surface area contributed by atoms with E-state index in [9.17, 15) is 0 Å². The molecule has 82 valence electrons. The summed E-state index contributed by atoms with van der Waals surface area (Å²) in [5.74, 6) is 0. The van der Waals surface area contributed by atoms with Gasteiger partial charge in [0, 0.05) is 6.54 Å². The average molecular weight is 203 g/mol. The van der Waals surface area contributed by atoms with E-state index < -0.39 is 0 Å². The van der Waals surface area contributed by atoms with E-state index >= 15 is 0 Å². The highest BCUT2D eigenvalue weighted by Gasteiger charge is 1.99. The molecule has 0 heterocycles. The molecule has 15 heavy (non-hydrogen) atoms. The van der Waals surface area contributed by atoms with Crippen molar-refractivity contribution in [2.24, 2.45) is 5.73 Å². The van der Waals surface area contributed by atoms with Crippen LogP contribution in [0, 0.1) is 6.92 Å². The predicted molar refractivity (Wildman–Crippen MR) is 66.9 cm³/mol. The van der Waals surface area contributed by atoms with Crippen molar-refractivity contribution in [3.63, 3.8) is 0 Å². The number of hydrogen-bond acceptors (Lipinski definition) is 1. The van der Waals surface area contributed by atoms with E-state index in [2.05, 4.69) is 45.0 Å². The summed E-state index contributed by atoms with van der Waals surface area (Å²) in [6, 6.07) is 8.74. The number of nitrogens with two attached hydrogens (primary N) is 1. The van der Waals surface area contributed by atoms with Crippen molar-refractivity contribution in [3.05, 3.63) is 46.5 Å². The van der Waals surface area contributed by atoms with Gasteiger partial charge in [-0.1, -0.05) is 41.0 Å². The predicted octanol–water partition coefficient (Wildman–Crippen LogP) is 3.22. The molecule has 0 fully saturated rings. The Morgan fingerprint density at radius 2 is 1.73 bits per heavy atom. The SMILES string of the molecule is CC(C)=C(CN)CCc1ccc(C)cc1. The lowest BCUT2D eigenvalue weighted by Crippen LogP contribution is -2.05. The smallest absolute Gasteiger partial charge is 0.0139 e. The average Bonchev–Trinajstić information content (AvgIpc) is 2.21. The number of hydrogen-bond donors (Lipinski definition) is 1. The molecule has 0 radical (unpaired) electrons. The first-order valence-corrected chi connectivity index (χ1v) is 5.54. The quantitative estimate of drug-likeness (QED) is 0.747. The van der Waals surface area contributed by atoms with Crippen LogP contribution in [0.15, 0.2) is 35.4 Å². The molecule has 0 spiro atoms. The van der Waals surface area contributed by atoms with Crippen LogP contribution in [0.2, 0.25) is 0 Å². The van der Waals surface area contributed by atoms with Crippen LogP contribution < -0.4 is 5.73 Å². The second-order valence-electron chi connectivity index (χ2n) is 4.29. The zero-order chi connectivity index (χ0) is 11.3. The van der Waals surface area contributed by atoms with E-state index in [0.717, 1.165) is 12.8 Å². The maximum atomic E-state index is 5.70. The molecule has 0 saturated carbocycles. The van der Waals surface area contributed by atoms with Gasteiger partial charge in [0.15, 0.2) is 0 Å². The Morgan fingerprint density at radius 3 is 2.20 bits per heavy atom. The Kier molecular flexibility index (Phi) is 4.57. The molecule has 0 aliphatic rings. The summed E-state index contributed by atoms with van der Waals surface area (Å²) in [5, 5.41) is 0. The van der Waals surface area contributed by atoms with Gasteiger partial charge in [-0.15, -0.1) is 0 Å². The summed E-state index contributed by atoms with van der Waals surface area (Å²) in [4.78, 5) is 0. The van der Waals surface area contributed by atoms with Crippen molar-refractivity contribution in [1.29, 1.82) is 0 Å². The molecular formula is C14H21N. The third-order valence-electron chi connectivity index (χ3n) is 2.79. The van der Waals surface area contributed by atoms with Crippen molar-refractivity contribution < 1.29 is 0 Å². The number of allylic oxidation sites excluding steroid dienone is 1. The van der Waals surface area contributed by atoms with Gasteiger partial charge in [0.1, 0.15) is 0 Å². The summed E-state index contributed by atoms with van der Waals surface area (Å²) in [5.41, 5.74) is 11.2. The van der Waals surface area contributed by atoms with Crippen LogP contribution in [0.5, 0.6) is 0 Å². The third-order valence-corrected chi connectivity index (χ3v) is 2.79. The summed E-state index contributed by atoms with van der Waals surface area (Å²) in [6.07, 6.45) is 2.18. The fourth-order valence-corrected chi connectivity index (χ4v) is 1.61. The summed E-state index contributed by atoms with van der Waals surface area (Å²) >= 11 is 0. The van der Waals surface area contributed by atoms with Crippen molar-refractivity contribution >= 4 is 0 Å². The van der Waals surface area contributed by atoms with Crippen molar-refractivity contribution in [2.45, 2.75) is 33.6 Å².